The molecule has 2 N–H and O–H groups in total. The summed E-state index contributed by atoms with van der Waals surface area (Å²) >= 11 is 0. The number of rotatable bonds is 2. The standard InChI is InChI=1S/C9H12N4O/c14-9(8-6-10-13-12-8)11-7-4-2-1-3-5-7/h1-2,6-7H,3-5H2,(H,11,14)(H,10,12,13). The molecular formula is C9H12N4O. The van der Waals surface area contributed by atoms with Crippen LogP contribution in [0, 0.1) is 0 Å². The maximum Gasteiger partial charge on any atom is 0.273 e. The van der Waals surface area contributed by atoms with Crippen molar-refractivity contribution in [2.75, 3.05) is 0 Å². The summed E-state index contributed by atoms with van der Waals surface area (Å²) in [6.07, 6.45) is 8.59. The highest BCUT2D eigenvalue weighted by Crippen LogP contribution is 2.10. The van der Waals surface area contributed by atoms with Crippen LogP contribution in [0.1, 0.15) is 29.8 Å². The molecule has 5 heteroatoms. The van der Waals surface area contributed by atoms with E-state index in [1.165, 1.54) is 6.20 Å². The molecule has 0 bridgehead atoms. The molecule has 1 atom stereocenters. The second kappa shape index (κ2) is 4.04. The average Bonchev–Trinajstić information content (AvgIpc) is 2.72. The summed E-state index contributed by atoms with van der Waals surface area (Å²) in [5, 5.41) is 12.6. The molecule has 1 amide bonds. The molecule has 14 heavy (non-hydrogen) atoms. The summed E-state index contributed by atoms with van der Waals surface area (Å²) in [7, 11) is 0. The average molecular weight is 192 g/mol. The van der Waals surface area contributed by atoms with Crippen molar-refractivity contribution in [2.45, 2.75) is 25.3 Å². The van der Waals surface area contributed by atoms with E-state index in [2.05, 4.69) is 32.9 Å². The molecule has 1 aromatic heterocycles. The third-order valence-corrected chi connectivity index (χ3v) is 2.25. The topological polar surface area (TPSA) is 70.7 Å². The zero-order valence-electron chi connectivity index (χ0n) is 7.73. The summed E-state index contributed by atoms with van der Waals surface area (Å²) in [4.78, 5) is 11.5. The van der Waals surface area contributed by atoms with Gasteiger partial charge in [-0.2, -0.15) is 15.4 Å². The molecule has 0 saturated heterocycles. The van der Waals surface area contributed by atoms with Gasteiger partial charge in [-0.25, -0.2) is 0 Å². The fourth-order valence-electron chi connectivity index (χ4n) is 1.50. The molecular weight excluding hydrogens is 180 g/mol. The van der Waals surface area contributed by atoms with Gasteiger partial charge in [0.2, 0.25) is 0 Å². The van der Waals surface area contributed by atoms with Crippen LogP contribution in [0.25, 0.3) is 0 Å². The summed E-state index contributed by atoms with van der Waals surface area (Å²) in [5.74, 6) is -0.154. The van der Waals surface area contributed by atoms with Crippen molar-refractivity contribution in [3.05, 3.63) is 24.0 Å². The van der Waals surface area contributed by atoms with Gasteiger partial charge in [0.15, 0.2) is 5.69 Å². The molecule has 1 aliphatic carbocycles. The first kappa shape index (κ1) is 8.93. The number of carbonyl (C=O) groups is 1. The first-order chi connectivity index (χ1) is 6.86. The summed E-state index contributed by atoms with van der Waals surface area (Å²) in [6, 6.07) is 0.240. The number of allylic oxidation sites excluding steroid dienone is 1. The number of aromatic nitrogens is 3. The molecule has 1 aromatic rings. The number of hydrogen-bond acceptors (Lipinski definition) is 3. The summed E-state index contributed by atoms with van der Waals surface area (Å²) in [6.45, 7) is 0. The number of aromatic amines is 1. The first-order valence-electron chi connectivity index (χ1n) is 4.68. The second-order valence-electron chi connectivity index (χ2n) is 3.31. The van der Waals surface area contributed by atoms with E-state index in [1.807, 2.05) is 0 Å². The first-order valence-corrected chi connectivity index (χ1v) is 4.68. The lowest BCUT2D eigenvalue weighted by molar-refractivity contribution is 0.0929. The van der Waals surface area contributed by atoms with Crippen LogP contribution in [-0.4, -0.2) is 27.4 Å². The van der Waals surface area contributed by atoms with Gasteiger partial charge in [0, 0.05) is 6.04 Å². The lowest BCUT2D eigenvalue weighted by Crippen LogP contribution is -2.35. The van der Waals surface area contributed by atoms with E-state index >= 15 is 0 Å². The fraction of sp³-hybridized carbons (Fsp3) is 0.444. The van der Waals surface area contributed by atoms with Gasteiger partial charge in [0.1, 0.15) is 0 Å². The lowest BCUT2D eigenvalue weighted by Gasteiger charge is -2.18. The maximum absolute atomic E-state index is 11.5. The molecule has 5 nitrogen and oxygen atoms in total. The number of carbonyl (C=O) groups excluding carboxylic acids is 1. The Morgan fingerprint density at radius 1 is 1.57 bits per heavy atom. The molecule has 0 spiro atoms. The van der Waals surface area contributed by atoms with Crippen LogP contribution in [0.5, 0.6) is 0 Å². The molecule has 1 aliphatic rings. The SMILES string of the molecule is O=C(NC1CC=CCC1)c1cn[nH]n1. The highest BCUT2D eigenvalue weighted by molar-refractivity contribution is 5.92. The largest absolute Gasteiger partial charge is 0.348 e. The lowest BCUT2D eigenvalue weighted by atomic mass is 10.0. The van der Waals surface area contributed by atoms with Gasteiger partial charge in [-0.1, -0.05) is 12.2 Å². The van der Waals surface area contributed by atoms with Crippen LogP contribution in [-0.2, 0) is 0 Å². The number of nitrogens with one attached hydrogen (secondary N) is 2. The Hall–Kier alpha value is -1.65. The minimum Gasteiger partial charge on any atom is -0.348 e. The van der Waals surface area contributed by atoms with E-state index < -0.39 is 0 Å². The van der Waals surface area contributed by atoms with E-state index in [0.717, 1.165) is 19.3 Å². The van der Waals surface area contributed by atoms with Crippen LogP contribution in [0.15, 0.2) is 18.3 Å². The predicted molar refractivity (Wildman–Crippen MR) is 50.6 cm³/mol. The quantitative estimate of drug-likeness (QED) is 0.675. The smallest absolute Gasteiger partial charge is 0.273 e. The number of hydrogen-bond donors (Lipinski definition) is 2. The molecule has 0 fully saturated rings. The van der Waals surface area contributed by atoms with E-state index in [-0.39, 0.29) is 11.9 Å². The number of nitrogens with zero attached hydrogens (tertiary/aromatic N) is 2. The van der Waals surface area contributed by atoms with Crippen LogP contribution in [0.2, 0.25) is 0 Å². The van der Waals surface area contributed by atoms with Gasteiger partial charge >= 0.3 is 0 Å². The Morgan fingerprint density at radius 2 is 2.50 bits per heavy atom. The van der Waals surface area contributed by atoms with Crippen molar-refractivity contribution in [1.29, 1.82) is 0 Å². The molecule has 0 radical (unpaired) electrons. The van der Waals surface area contributed by atoms with Gasteiger partial charge in [-0.15, -0.1) is 0 Å². The van der Waals surface area contributed by atoms with Crippen molar-refractivity contribution >= 4 is 5.91 Å². The highest BCUT2D eigenvalue weighted by atomic mass is 16.2. The Bertz CT molecular complexity index is 331. The van der Waals surface area contributed by atoms with Gasteiger partial charge in [-0.05, 0) is 19.3 Å². The minimum atomic E-state index is -0.154. The zero-order valence-corrected chi connectivity index (χ0v) is 7.73. The van der Waals surface area contributed by atoms with E-state index in [0.29, 0.717) is 5.69 Å². The zero-order chi connectivity index (χ0) is 9.80. The van der Waals surface area contributed by atoms with Crippen LogP contribution in [0.3, 0.4) is 0 Å². The van der Waals surface area contributed by atoms with Gasteiger partial charge in [0.25, 0.3) is 5.91 Å². The third-order valence-electron chi connectivity index (χ3n) is 2.25. The Kier molecular flexibility index (Phi) is 2.58. The molecule has 74 valence electrons. The highest BCUT2D eigenvalue weighted by Gasteiger charge is 2.15. The summed E-state index contributed by atoms with van der Waals surface area (Å²) < 4.78 is 0. The minimum absolute atomic E-state index is 0.154. The van der Waals surface area contributed by atoms with Crippen molar-refractivity contribution < 1.29 is 4.79 Å². The van der Waals surface area contributed by atoms with E-state index in [4.69, 9.17) is 0 Å². The van der Waals surface area contributed by atoms with Gasteiger partial charge in [0.05, 0.1) is 6.20 Å². The van der Waals surface area contributed by atoms with Crippen molar-refractivity contribution in [2.24, 2.45) is 0 Å². The number of amides is 1. The third kappa shape index (κ3) is 1.99. The Labute approximate surface area is 81.6 Å². The van der Waals surface area contributed by atoms with E-state index in [1.54, 1.807) is 0 Å². The van der Waals surface area contributed by atoms with Crippen LogP contribution in [0.4, 0.5) is 0 Å². The van der Waals surface area contributed by atoms with Gasteiger partial charge in [-0.3, -0.25) is 4.79 Å². The molecule has 0 aliphatic heterocycles. The van der Waals surface area contributed by atoms with Crippen molar-refractivity contribution in [1.82, 2.24) is 20.7 Å². The molecule has 0 saturated carbocycles. The predicted octanol–water partition coefficient (Wildman–Crippen LogP) is 0.643. The molecule has 1 unspecified atom stereocenters. The Morgan fingerprint density at radius 3 is 3.14 bits per heavy atom. The molecule has 2 rings (SSSR count). The summed E-state index contributed by atoms with van der Waals surface area (Å²) in [5.41, 5.74) is 0.347. The number of H-pyrrole nitrogens is 1. The van der Waals surface area contributed by atoms with Crippen molar-refractivity contribution in [3.8, 4) is 0 Å². The molecule has 1 heterocycles. The Balaban J connectivity index is 1.91. The normalized spacial score (nSPS) is 20.7. The fourth-order valence-corrected chi connectivity index (χ4v) is 1.50. The maximum atomic E-state index is 11.5. The molecule has 0 aromatic carbocycles. The van der Waals surface area contributed by atoms with Crippen molar-refractivity contribution in [3.63, 3.8) is 0 Å². The second-order valence-corrected chi connectivity index (χ2v) is 3.31. The van der Waals surface area contributed by atoms with E-state index in [9.17, 15) is 4.79 Å². The van der Waals surface area contributed by atoms with Crippen LogP contribution >= 0.6 is 0 Å². The van der Waals surface area contributed by atoms with Gasteiger partial charge < -0.3 is 5.32 Å². The van der Waals surface area contributed by atoms with Crippen LogP contribution < -0.4 is 5.32 Å². The monoisotopic (exact) mass is 192 g/mol.